The van der Waals surface area contributed by atoms with Crippen molar-refractivity contribution in [3.8, 4) is 0 Å². The Morgan fingerprint density at radius 2 is 2.29 bits per heavy atom. The van der Waals surface area contributed by atoms with Crippen LogP contribution in [-0.2, 0) is 19.1 Å². The van der Waals surface area contributed by atoms with Crippen LogP contribution in [0.15, 0.2) is 0 Å². The second-order valence-corrected chi connectivity index (χ2v) is 3.34. The zero-order valence-corrected chi connectivity index (χ0v) is 7.89. The highest BCUT2D eigenvalue weighted by molar-refractivity contribution is 5.82. The molecule has 1 heterocycles. The first-order valence-electron chi connectivity index (χ1n) is 4.10. The third-order valence-corrected chi connectivity index (χ3v) is 2.05. The summed E-state index contributed by atoms with van der Waals surface area (Å²) in [6.07, 6.45) is -2.38. The number of aliphatic hydroxyl groups excluding tert-OH is 1. The maximum atomic E-state index is 11.0. The summed E-state index contributed by atoms with van der Waals surface area (Å²) in [7, 11) is 0. The third-order valence-electron chi connectivity index (χ3n) is 2.05. The van der Waals surface area contributed by atoms with Crippen LogP contribution < -0.4 is 0 Å². The summed E-state index contributed by atoms with van der Waals surface area (Å²) in [5.74, 6) is -1.46. The molecule has 0 aromatic carbocycles. The number of ether oxygens (including phenoxy) is 2. The van der Waals surface area contributed by atoms with Crippen molar-refractivity contribution >= 4 is 11.9 Å². The molecule has 1 fully saturated rings. The zero-order valence-electron chi connectivity index (χ0n) is 7.89. The van der Waals surface area contributed by atoms with Crippen LogP contribution in [0.25, 0.3) is 0 Å². The molecule has 0 aliphatic carbocycles. The number of rotatable bonds is 2. The van der Waals surface area contributed by atoms with Gasteiger partial charge >= 0.3 is 11.9 Å². The highest BCUT2D eigenvalue weighted by Gasteiger charge is 2.53. The number of carbonyl (C=O) groups is 2. The quantitative estimate of drug-likeness (QED) is 0.536. The van der Waals surface area contributed by atoms with Gasteiger partial charge in [0, 0.05) is 6.92 Å². The average Bonchev–Trinajstić information content (AvgIpc) is 2.26. The van der Waals surface area contributed by atoms with E-state index in [2.05, 4.69) is 9.47 Å². The minimum absolute atomic E-state index is 0.252. The third kappa shape index (κ3) is 1.85. The van der Waals surface area contributed by atoms with Crippen LogP contribution >= 0.6 is 0 Å². The molecule has 1 saturated heterocycles. The topological polar surface area (TPSA) is 93.1 Å². The molecule has 1 rings (SSSR count). The fourth-order valence-electron chi connectivity index (χ4n) is 1.13. The molecular formula is C8H12O6. The molecule has 0 unspecified atom stereocenters. The Labute approximate surface area is 80.4 Å². The fourth-order valence-corrected chi connectivity index (χ4v) is 1.13. The number of hydrogen-bond donors (Lipinski definition) is 2. The van der Waals surface area contributed by atoms with E-state index in [0.717, 1.165) is 6.92 Å². The monoisotopic (exact) mass is 204 g/mol. The predicted molar refractivity (Wildman–Crippen MR) is 43.1 cm³/mol. The largest absolute Gasteiger partial charge is 0.462 e. The van der Waals surface area contributed by atoms with Crippen LogP contribution in [0.1, 0.15) is 13.8 Å². The molecule has 14 heavy (non-hydrogen) atoms. The number of hydrogen-bond acceptors (Lipinski definition) is 6. The summed E-state index contributed by atoms with van der Waals surface area (Å²) < 4.78 is 9.17. The van der Waals surface area contributed by atoms with Gasteiger partial charge in [-0.15, -0.1) is 0 Å². The summed E-state index contributed by atoms with van der Waals surface area (Å²) in [6, 6.07) is 0. The maximum absolute atomic E-state index is 11.0. The van der Waals surface area contributed by atoms with Crippen LogP contribution in [0.3, 0.4) is 0 Å². The molecule has 0 radical (unpaired) electrons. The van der Waals surface area contributed by atoms with E-state index in [-0.39, 0.29) is 6.61 Å². The summed E-state index contributed by atoms with van der Waals surface area (Å²) in [5.41, 5.74) is -1.93. The van der Waals surface area contributed by atoms with Gasteiger partial charge in [-0.05, 0) is 6.92 Å². The molecule has 0 spiro atoms. The maximum Gasteiger partial charge on any atom is 0.341 e. The highest BCUT2D eigenvalue weighted by atomic mass is 16.6. The molecule has 1 aliphatic rings. The van der Waals surface area contributed by atoms with Crippen LogP contribution in [0.5, 0.6) is 0 Å². The van der Waals surface area contributed by atoms with E-state index in [4.69, 9.17) is 0 Å². The average molecular weight is 204 g/mol. The van der Waals surface area contributed by atoms with Crippen molar-refractivity contribution in [1.82, 2.24) is 0 Å². The Morgan fingerprint density at radius 3 is 2.64 bits per heavy atom. The number of cyclic esters (lactones) is 1. The van der Waals surface area contributed by atoms with E-state index in [9.17, 15) is 19.8 Å². The fraction of sp³-hybridized carbons (Fsp3) is 0.750. The van der Waals surface area contributed by atoms with Crippen molar-refractivity contribution in [2.45, 2.75) is 31.7 Å². The highest BCUT2D eigenvalue weighted by Crippen LogP contribution is 2.25. The van der Waals surface area contributed by atoms with Crippen molar-refractivity contribution in [3.05, 3.63) is 0 Å². The van der Waals surface area contributed by atoms with Crippen molar-refractivity contribution < 1.29 is 29.3 Å². The van der Waals surface area contributed by atoms with E-state index in [1.165, 1.54) is 6.92 Å². The number of aliphatic hydroxyl groups is 2. The summed E-state index contributed by atoms with van der Waals surface area (Å²) in [5, 5.41) is 18.8. The Balaban J connectivity index is 2.58. The molecule has 0 saturated carbocycles. The molecule has 1 aliphatic heterocycles. The zero-order chi connectivity index (χ0) is 10.9. The van der Waals surface area contributed by atoms with Gasteiger partial charge in [0.25, 0.3) is 0 Å². The Morgan fingerprint density at radius 1 is 1.71 bits per heavy atom. The van der Waals surface area contributed by atoms with Gasteiger partial charge in [0.15, 0.2) is 11.7 Å². The molecule has 0 bridgehead atoms. The number of esters is 2. The molecule has 80 valence electrons. The molecule has 2 N–H and O–H groups in total. The van der Waals surface area contributed by atoms with Gasteiger partial charge in [0.2, 0.25) is 0 Å². The lowest BCUT2D eigenvalue weighted by molar-refractivity contribution is -0.157. The van der Waals surface area contributed by atoms with Crippen molar-refractivity contribution in [3.63, 3.8) is 0 Å². The Bertz CT molecular complexity index is 259. The molecule has 0 amide bonds. The molecule has 0 aromatic rings. The van der Waals surface area contributed by atoms with Crippen molar-refractivity contribution in [2.24, 2.45) is 0 Å². The molecule has 6 nitrogen and oxygen atoms in total. The first-order valence-corrected chi connectivity index (χ1v) is 4.10. The van der Waals surface area contributed by atoms with E-state index in [0.29, 0.717) is 0 Å². The van der Waals surface area contributed by atoms with Gasteiger partial charge in [-0.1, -0.05) is 0 Å². The normalized spacial score (nSPS) is 36.7. The summed E-state index contributed by atoms with van der Waals surface area (Å²) in [4.78, 5) is 21.4. The summed E-state index contributed by atoms with van der Waals surface area (Å²) in [6.45, 7) is 2.09. The standard InChI is InChI=1S/C8H12O6/c1-4(9)13-3-5-6(10)8(2,12)7(11)14-5/h5-6,10,12H,3H2,1-2H3/t5-,6-,8+/m1/s1. The predicted octanol–water partition coefficient (Wildman–Crippen LogP) is -1.41. The first kappa shape index (κ1) is 10.9. The van der Waals surface area contributed by atoms with Gasteiger partial charge < -0.3 is 19.7 Å². The lowest BCUT2D eigenvalue weighted by Crippen LogP contribution is -2.44. The molecule has 0 aromatic heterocycles. The van der Waals surface area contributed by atoms with Gasteiger partial charge in [-0.25, -0.2) is 4.79 Å². The second kappa shape index (κ2) is 3.55. The Hall–Kier alpha value is -1.14. The molecule has 3 atom stereocenters. The van der Waals surface area contributed by atoms with Crippen LogP contribution in [-0.4, -0.2) is 46.6 Å². The number of carbonyl (C=O) groups excluding carboxylic acids is 2. The second-order valence-electron chi connectivity index (χ2n) is 3.34. The van der Waals surface area contributed by atoms with Gasteiger partial charge in [-0.3, -0.25) is 4.79 Å². The van der Waals surface area contributed by atoms with Crippen LogP contribution in [0, 0.1) is 0 Å². The van der Waals surface area contributed by atoms with E-state index in [1.807, 2.05) is 0 Å². The lowest BCUT2D eigenvalue weighted by Gasteiger charge is -2.17. The summed E-state index contributed by atoms with van der Waals surface area (Å²) >= 11 is 0. The van der Waals surface area contributed by atoms with Crippen molar-refractivity contribution in [2.75, 3.05) is 6.61 Å². The van der Waals surface area contributed by atoms with Gasteiger partial charge in [0.05, 0.1) is 0 Å². The van der Waals surface area contributed by atoms with Crippen LogP contribution in [0.4, 0.5) is 0 Å². The smallest absolute Gasteiger partial charge is 0.341 e. The van der Waals surface area contributed by atoms with Crippen LogP contribution in [0.2, 0.25) is 0 Å². The van der Waals surface area contributed by atoms with Crippen molar-refractivity contribution in [1.29, 1.82) is 0 Å². The molecule has 6 heteroatoms. The Kier molecular flexibility index (Phi) is 2.77. The SMILES string of the molecule is CC(=O)OC[C@H]1OC(=O)[C@@](C)(O)[C@@H]1O. The minimum atomic E-state index is -1.93. The first-order chi connectivity index (χ1) is 6.35. The van der Waals surface area contributed by atoms with E-state index < -0.39 is 29.7 Å². The van der Waals surface area contributed by atoms with Gasteiger partial charge in [-0.2, -0.15) is 0 Å². The van der Waals surface area contributed by atoms with Gasteiger partial charge in [0.1, 0.15) is 12.7 Å². The van der Waals surface area contributed by atoms with E-state index >= 15 is 0 Å². The minimum Gasteiger partial charge on any atom is -0.462 e. The molecular weight excluding hydrogens is 192 g/mol. The van der Waals surface area contributed by atoms with E-state index in [1.54, 1.807) is 0 Å². The lowest BCUT2D eigenvalue weighted by atomic mass is 9.99.